The molecule has 1 atom stereocenters. The third-order valence-corrected chi connectivity index (χ3v) is 6.79. The summed E-state index contributed by atoms with van der Waals surface area (Å²) in [5.41, 5.74) is 1.57. The number of nitrogens with zero attached hydrogens (tertiary/aromatic N) is 2. The summed E-state index contributed by atoms with van der Waals surface area (Å²) in [7, 11) is 4.07. The number of methoxy groups -OCH3 is 3. The Balaban J connectivity index is 2.09. The molecule has 9 heteroatoms. The fraction of sp³-hybridized carbons (Fsp3) is 0.286. The molecule has 0 saturated carbocycles. The fourth-order valence-electron chi connectivity index (χ4n) is 3.93. The lowest BCUT2D eigenvalue weighted by Crippen LogP contribution is -2.35. The van der Waals surface area contributed by atoms with E-state index in [4.69, 9.17) is 20.6 Å². The molecule has 1 unspecified atom stereocenters. The van der Waals surface area contributed by atoms with Crippen LogP contribution in [0.2, 0.25) is 0 Å². The summed E-state index contributed by atoms with van der Waals surface area (Å²) >= 11 is 1.21. The van der Waals surface area contributed by atoms with Gasteiger partial charge in [0.1, 0.15) is 6.54 Å². The zero-order valence-corrected chi connectivity index (χ0v) is 22.0. The number of terminal acetylenes is 1. The summed E-state index contributed by atoms with van der Waals surface area (Å²) < 4.78 is 30.9. The lowest BCUT2D eigenvalue weighted by molar-refractivity contribution is -0.141. The van der Waals surface area contributed by atoms with Crippen LogP contribution in [0.5, 0.6) is 5.75 Å². The Morgan fingerprint density at radius 1 is 1.00 bits per heavy atom. The molecular formula is C28H29FN2O5S. The molecule has 0 N–H and O–H groups in total. The minimum atomic E-state index is -0.504. The van der Waals surface area contributed by atoms with E-state index in [2.05, 4.69) is 5.92 Å². The number of hydrogen-bond acceptors (Lipinski definition) is 8. The molecule has 0 aliphatic rings. The highest BCUT2D eigenvalue weighted by Gasteiger charge is 2.23. The van der Waals surface area contributed by atoms with E-state index in [0.29, 0.717) is 4.90 Å². The van der Waals surface area contributed by atoms with Gasteiger partial charge in [0.15, 0.2) is 11.6 Å². The van der Waals surface area contributed by atoms with Crippen molar-refractivity contribution in [3.05, 3.63) is 60.4 Å². The van der Waals surface area contributed by atoms with E-state index in [1.165, 1.54) is 45.4 Å². The number of halogens is 1. The maximum absolute atomic E-state index is 14.4. The molecule has 0 saturated heterocycles. The molecule has 0 spiro atoms. The van der Waals surface area contributed by atoms with E-state index < -0.39 is 11.8 Å². The van der Waals surface area contributed by atoms with Gasteiger partial charge >= 0.3 is 11.9 Å². The monoisotopic (exact) mass is 524 g/mol. The first-order valence-corrected chi connectivity index (χ1v) is 12.2. The average molecular weight is 525 g/mol. The second-order valence-corrected chi connectivity index (χ2v) is 9.21. The number of esters is 2. The molecule has 0 aliphatic heterocycles. The van der Waals surface area contributed by atoms with Crippen LogP contribution in [0.1, 0.15) is 13.3 Å². The molecule has 3 rings (SSSR count). The van der Waals surface area contributed by atoms with Crippen molar-refractivity contribution in [2.24, 2.45) is 0 Å². The van der Waals surface area contributed by atoms with Gasteiger partial charge < -0.3 is 23.4 Å². The molecule has 0 aliphatic carbocycles. The number of hydrogen-bond donors (Lipinski definition) is 0. The van der Waals surface area contributed by atoms with Gasteiger partial charge in [0.25, 0.3) is 0 Å². The van der Waals surface area contributed by atoms with Crippen LogP contribution in [0.3, 0.4) is 0 Å². The summed E-state index contributed by atoms with van der Waals surface area (Å²) in [6.45, 7) is 2.12. The van der Waals surface area contributed by atoms with Crippen LogP contribution in [0.15, 0.2) is 59.5 Å². The maximum atomic E-state index is 14.4. The highest BCUT2D eigenvalue weighted by atomic mass is 32.2. The quantitative estimate of drug-likeness (QED) is 0.196. The third kappa shape index (κ3) is 6.66. The van der Waals surface area contributed by atoms with Gasteiger partial charge in [-0.05, 0) is 49.2 Å². The molecule has 37 heavy (non-hydrogen) atoms. The van der Waals surface area contributed by atoms with Crippen LogP contribution in [0, 0.1) is 18.2 Å². The Kier molecular flexibility index (Phi) is 9.64. The minimum absolute atomic E-state index is 0.0784. The normalized spacial score (nSPS) is 11.4. The highest BCUT2D eigenvalue weighted by Crippen LogP contribution is 2.39. The van der Waals surface area contributed by atoms with Crippen LogP contribution < -0.4 is 13.9 Å². The van der Waals surface area contributed by atoms with Gasteiger partial charge in [-0.2, -0.15) is 0 Å². The molecule has 3 aromatic rings. The molecule has 3 aromatic carbocycles. The van der Waals surface area contributed by atoms with E-state index in [9.17, 15) is 14.0 Å². The zero-order chi connectivity index (χ0) is 26.9. The van der Waals surface area contributed by atoms with Gasteiger partial charge in [0.2, 0.25) is 0 Å². The fourth-order valence-corrected chi connectivity index (χ4v) is 4.89. The molecule has 0 fully saturated rings. The van der Waals surface area contributed by atoms with Gasteiger partial charge in [-0.15, -0.1) is 6.42 Å². The smallest absolute Gasteiger partial charge is 0.326 e. The first-order valence-electron chi connectivity index (χ1n) is 11.5. The molecule has 0 aromatic heterocycles. The molecule has 0 amide bonds. The highest BCUT2D eigenvalue weighted by molar-refractivity contribution is 8.00. The van der Waals surface area contributed by atoms with Crippen molar-refractivity contribution < 1.29 is 28.2 Å². The van der Waals surface area contributed by atoms with E-state index in [1.807, 2.05) is 48.2 Å². The van der Waals surface area contributed by atoms with Crippen LogP contribution >= 0.6 is 11.9 Å². The van der Waals surface area contributed by atoms with Crippen LogP contribution in [-0.4, -0.2) is 52.4 Å². The molecule has 0 heterocycles. The number of carbonyl (C=O) groups excluding carboxylic acids is 2. The molecule has 194 valence electrons. The molecule has 0 bridgehead atoms. The SMILES string of the molecule is C#CCN(c1ccc(N(CC(=O)OC)Sc2ccc(OC)c(F)c2)c2ccccc12)C(C)CC(=O)OC. The molecule has 0 radical (unpaired) electrons. The number of rotatable bonds is 11. The van der Waals surface area contributed by atoms with Gasteiger partial charge in [-0.25, -0.2) is 4.39 Å². The average Bonchev–Trinajstić information content (AvgIpc) is 2.90. The van der Waals surface area contributed by atoms with Crippen LogP contribution in [0.25, 0.3) is 10.8 Å². The van der Waals surface area contributed by atoms with Crippen LogP contribution in [-0.2, 0) is 19.1 Å². The summed E-state index contributed by atoms with van der Waals surface area (Å²) in [6, 6.07) is 15.9. The Labute approximate surface area is 220 Å². The van der Waals surface area contributed by atoms with Crippen molar-refractivity contribution in [2.75, 3.05) is 43.6 Å². The van der Waals surface area contributed by atoms with Crippen molar-refractivity contribution in [3.8, 4) is 18.1 Å². The van der Waals surface area contributed by atoms with Gasteiger partial charge in [0.05, 0.1) is 40.0 Å². The lowest BCUT2D eigenvalue weighted by Gasteiger charge is -2.31. The molecule has 7 nitrogen and oxygen atoms in total. The Morgan fingerprint density at radius 3 is 2.24 bits per heavy atom. The number of fused-ring (bicyclic) bond motifs is 1. The molecular weight excluding hydrogens is 495 g/mol. The summed E-state index contributed by atoms with van der Waals surface area (Å²) in [6.07, 6.45) is 5.84. The minimum Gasteiger partial charge on any atom is -0.494 e. The van der Waals surface area contributed by atoms with Gasteiger partial charge in [-0.1, -0.05) is 30.2 Å². The Bertz CT molecular complexity index is 1310. The van der Waals surface area contributed by atoms with E-state index in [0.717, 1.165) is 22.1 Å². The van der Waals surface area contributed by atoms with Crippen molar-refractivity contribution >= 4 is 46.0 Å². The second kappa shape index (κ2) is 12.9. The van der Waals surface area contributed by atoms with E-state index >= 15 is 0 Å². The van der Waals surface area contributed by atoms with Crippen LogP contribution in [0.4, 0.5) is 15.8 Å². The van der Waals surface area contributed by atoms with Crippen molar-refractivity contribution in [3.63, 3.8) is 0 Å². The second-order valence-electron chi connectivity index (χ2n) is 8.11. The Morgan fingerprint density at radius 2 is 1.65 bits per heavy atom. The maximum Gasteiger partial charge on any atom is 0.326 e. The van der Waals surface area contributed by atoms with E-state index in [-0.39, 0.29) is 37.3 Å². The number of ether oxygens (including phenoxy) is 3. The summed E-state index contributed by atoms with van der Waals surface area (Å²) in [4.78, 5) is 26.8. The topological polar surface area (TPSA) is 68.3 Å². The predicted molar refractivity (Wildman–Crippen MR) is 144 cm³/mol. The van der Waals surface area contributed by atoms with Crippen molar-refractivity contribution in [2.45, 2.75) is 24.3 Å². The van der Waals surface area contributed by atoms with Gasteiger partial charge in [-0.3, -0.25) is 9.59 Å². The number of benzene rings is 3. The predicted octanol–water partition coefficient (Wildman–Crippen LogP) is 5.07. The first kappa shape index (κ1) is 27.7. The summed E-state index contributed by atoms with van der Waals surface area (Å²) in [5.74, 6) is 1.52. The van der Waals surface area contributed by atoms with Crippen molar-refractivity contribution in [1.29, 1.82) is 0 Å². The standard InChI is InChI=1S/C28H29FN2O5S/c1-6-15-30(19(2)16-27(32)35-4)24-12-13-25(22-10-8-7-9-21(22)24)31(18-28(33)36-5)37-20-11-14-26(34-3)23(29)17-20/h1,7-14,17,19H,15-16,18H2,2-5H3. The zero-order valence-electron chi connectivity index (χ0n) is 21.2. The largest absolute Gasteiger partial charge is 0.494 e. The van der Waals surface area contributed by atoms with E-state index in [1.54, 1.807) is 10.4 Å². The first-order chi connectivity index (χ1) is 17.8. The van der Waals surface area contributed by atoms with Crippen molar-refractivity contribution in [1.82, 2.24) is 0 Å². The third-order valence-electron chi connectivity index (χ3n) is 5.78. The lowest BCUT2D eigenvalue weighted by atomic mass is 10.0. The summed E-state index contributed by atoms with van der Waals surface area (Å²) in [5, 5.41) is 1.72. The Hall–Kier alpha value is -3.90. The van der Waals surface area contributed by atoms with Gasteiger partial charge in [0, 0.05) is 27.4 Å². The number of anilines is 2. The number of carbonyl (C=O) groups is 2.